The van der Waals surface area contributed by atoms with Crippen molar-refractivity contribution in [1.82, 2.24) is 9.71 Å². The number of rotatable bonds is 4. The zero-order valence-electron chi connectivity index (χ0n) is 12.3. The molecule has 20 heavy (non-hydrogen) atoms. The van der Waals surface area contributed by atoms with Gasteiger partial charge in [-0.2, -0.15) is 0 Å². The molecule has 1 aliphatic carbocycles. The summed E-state index contributed by atoms with van der Waals surface area (Å²) in [4.78, 5) is 4.08. The zero-order valence-corrected chi connectivity index (χ0v) is 13.9. The maximum absolute atomic E-state index is 12.4. The highest BCUT2D eigenvalue weighted by molar-refractivity contribution is 7.89. The second kappa shape index (κ2) is 4.58. The molecule has 0 atom stereocenters. The Kier molecular flexibility index (Phi) is 3.56. The van der Waals surface area contributed by atoms with Crippen molar-refractivity contribution < 1.29 is 8.42 Å². The number of nitrogens with zero attached hydrogens (tertiary/aromatic N) is 1. The predicted molar refractivity (Wildman–Crippen MR) is 80.5 cm³/mol. The van der Waals surface area contributed by atoms with E-state index in [-0.39, 0.29) is 26.8 Å². The smallest absolute Gasteiger partial charge is 0.242 e. The van der Waals surface area contributed by atoms with Crippen LogP contribution in [0.4, 0.5) is 5.82 Å². The van der Waals surface area contributed by atoms with Crippen molar-refractivity contribution in [2.24, 2.45) is 10.8 Å². The Morgan fingerprint density at radius 3 is 2.20 bits per heavy atom. The summed E-state index contributed by atoms with van der Waals surface area (Å²) in [5.41, 5.74) is -0.135. The fourth-order valence-corrected chi connectivity index (χ4v) is 4.29. The van der Waals surface area contributed by atoms with Crippen LogP contribution < -0.4 is 10.0 Å². The van der Waals surface area contributed by atoms with Crippen molar-refractivity contribution in [1.29, 1.82) is 0 Å². The molecule has 0 radical (unpaired) electrons. The van der Waals surface area contributed by atoms with Gasteiger partial charge in [0.05, 0.1) is 5.02 Å². The van der Waals surface area contributed by atoms with Crippen LogP contribution in [0.3, 0.4) is 0 Å². The average Bonchev–Trinajstić information content (AvgIpc) is 2.71. The van der Waals surface area contributed by atoms with Crippen molar-refractivity contribution in [3.63, 3.8) is 0 Å². The van der Waals surface area contributed by atoms with E-state index >= 15 is 0 Å². The van der Waals surface area contributed by atoms with Gasteiger partial charge in [0, 0.05) is 19.3 Å². The molecule has 2 rings (SSSR count). The molecule has 1 aliphatic rings. The fraction of sp³-hybridized carbons (Fsp3) is 0.615. The van der Waals surface area contributed by atoms with Crippen LogP contribution in [0.5, 0.6) is 0 Å². The maximum atomic E-state index is 12.4. The molecule has 0 spiro atoms. The molecule has 1 saturated carbocycles. The summed E-state index contributed by atoms with van der Waals surface area (Å²) in [6.07, 6.45) is 1.31. The van der Waals surface area contributed by atoms with Crippen molar-refractivity contribution in [2.75, 3.05) is 12.4 Å². The number of hydrogen-bond acceptors (Lipinski definition) is 4. The van der Waals surface area contributed by atoms with Crippen LogP contribution in [0.15, 0.2) is 17.2 Å². The molecular weight excluding hydrogens is 298 g/mol. The molecular formula is C13H20ClN3O2S. The lowest BCUT2D eigenvalue weighted by atomic mass is 10.0. The number of halogens is 1. The zero-order chi connectivity index (χ0) is 15.3. The molecule has 0 saturated heterocycles. The minimum Gasteiger partial charge on any atom is -0.372 e. The van der Waals surface area contributed by atoms with Gasteiger partial charge in [-0.05, 0) is 16.9 Å². The predicted octanol–water partition coefficient (Wildman–Crippen LogP) is 2.49. The van der Waals surface area contributed by atoms with Gasteiger partial charge in [0.15, 0.2) is 0 Å². The summed E-state index contributed by atoms with van der Waals surface area (Å²) < 4.78 is 27.5. The standard InChI is InChI=1S/C13H20ClN3O2S/c1-12(2)11(13(12,3)4)17-20(18,19)8-6-9(14)10(15-5)16-7-8/h6-7,11,17H,1-5H3,(H,15,16). The lowest BCUT2D eigenvalue weighted by molar-refractivity contribution is 0.457. The first kappa shape index (κ1) is 15.5. The third-order valence-electron chi connectivity index (χ3n) is 4.66. The van der Waals surface area contributed by atoms with Gasteiger partial charge in [-0.25, -0.2) is 18.1 Å². The SMILES string of the molecule is CNc1ncc(S(=O)(=O)NC2C(C)(C)C2(C)C)cc1Cl. The number of hydrogen-bond donors (Lipinski definition) is 2. The second-order valence-corrected chi connectivity index (χ2v) is 8.37. The number of aromatic nitrogens is 1. The van der Waals surface area contributed by atoms with Crippen LogP contribution in [0.1, 0.15) is 27.7 Å². The Labute approximate surface area is 125 Å². The van der Waals surface area contributed by atoms with Crippen molar-refractivity contribution in [3.05, 3.63) is 17.3 Å². The third kappa shape index (κ3) is 2.29. The molecule has 1 heterocycles. The Bertz CT molecular complexity index is 627. The highest BCUT2D eigenvalue weighted by Crippen LogP contribution is 2.62. The Hall–Kier alpha value is -0.850. The number of pyridine rings is 1. The van der Waals surface area contributed by atoms with Crippen LogP contribution in [0.2, 0.25) is 5.02 Å². The molecule has 5 nitrogen and oxygen atoms in total. The highest BCUT2D eigenvalue weighted by atomic mass is 35.5. The van der Waals surface area contributed by atoms with Crippen molar-refractivity contribution >= 4 is 27.4 Å². The van der Waals surface area contributed by atoms with Gasteiger partial charge in [0.1, 0.15) is 10.7 Å². The largest absolute Gasteiger partial charge is 0.372 e. The summed E-state index contributed by atoms with van der Waals surface area (Å²) >= 11 is 5.98. The van der Waals surface area contributed by atoms with Gasteiger partial charge in [-0.1, -0.05) is 39.3 Å². The molecule has 112 valence electrons. The minimum atomic E-state index is -3.61. The van der Waals surface area contributed by atoms with Gasteiger partial charge >= 0.3 is 0 Å². The molecule has 0 aromatic carbocycles. The number of anilines is 1. The van der Waals surface area contributed by atoms with Crippen molar-refractivity contribution in [2.45, 2.75) is 38.6 Å². The molecule has 0 unspecified atom stereocenters. The van der Waals surface area contributed by atoms with Gasteiger partial charge in [-0.15, -0.1) is 0 Å². The average molecular weight is 318 g/mol. The first-order valence-electron chi connectivity index (χ1n) is 6.39. The monoisotopic (exact) mass is 317 g/mol. The van der Waals surface area contributed by atoms with Crippen LogP contribution in [-0.2, 0) is 10.0 Å². The second-order valence-electron chi connectivity index (χ2n) is 6.25. The number of sulfonamides is 1. The molecule has 0 aliphatic heterocycles. The Morgan fingerprint density at radius 1 is 1.25 bits per heavy atom. The van der Waals surface area contributed by atoms with E-state index in [0.29, 0.717) is 5.82 Å². The van der Waals surface area contributed by atoms with Gasteiger partial charge in [0.25, 0.3) is 0 Å². The summed E-state index contributed by atoms with van der Waals surface area (Å²) in [6, 6.07) is 1.31. The Morgan fingerprint density at radius 2 is 1.80 bits per heavy atom. The van der Waals surface area contributed by atoms with Crippen LogP contribution in [-0.4, -0.2) is 26.5 Å². The van der Waals surface area contributed by atoms with Crippen LogP contribution >= 0.6 is 11.6 Å². The molecule has 0 bridgehead atoms. The topological polar surface area (TPSA) is 71.1 Å². The van der Waals surface area contributed by atoms with E-state index in [9.17, 15) is 8.42 Å². The fourth-order valence-electron chi connectivity index (χ4n) is 2.47. The highest BCUT2D eigenvalue weighted by Gasteiger charge is 2.66. The third-order valence-corrected chi connectivity index (χ3v) is 6.33. The van der Waals surface area contributed by atoms with E-state index < -0.39 is 10.0 Å². The van der Waals surface area contributed by atoms with Crippen molar-refractivity contribution in [3.8, 4) is 0 Å². The minimum absolute atomic E-state index is 0.0673. The summed E-state index contributed by atoms with van der Waals surface area (Å²) in [7, 11) is -1.93. The van der Waals surface area contributed by atoms with Gasteiger partial charge in [0.2, 0.25) is 10.0 Å². The van der Waals surface area contributed by atoms with E-state index in [1.54, 1.807) is 7.05 Å². The van der Waals surface area contributed by atoms with E-state index in [4.69, 9.17) is 11.6 Å². The van der Waals surface area contributed by atoms with E-state index in [2.05, 4.69) is 42.7 Å². The summed E-state index contributed by atoms with van der Waals surface area (Å²) in [5.74, 6) is 0.456. The summed E-state index contributed by atoms with van der Waals surface area (Å²) in [6.45, 7) is 8.20. The first-order chi connectivity index (χ1) is 9.04. The van der Waals surface area contributed by atoms with Crippen LogP contribution in [0, 0.1) is 10.8 Å². The Balaban J connectivity index is 2.27. The lowest BCUT2D eigenvalue weighted by Gasteiger charge is -2.09. The molecule has 2 N–H and O–H groups in total. The first-order valence-corrected chi connectivity index (χ1v) is 8.26. The number of nitrogens with one attached hydrogen (secondary N) is 2. The van der Waals surface area contributed by atoms with Crippen LogP contribution in [0.25, 0.3) is 0 Å². The quantitative estimate of drug-likeness (QED) is 0.895. The maximum Gasteiger partial charge on any atom is 0.242 e. The summed E-state index contributed by atoms with van der Waals surface area (Å²) in [5, 5.41) is 3.08. The lowest BCUT2D eigenvalue weighted by Crippen LogP contribution is -2.30. The van der Waals surface area contributed by atoms with E-state index in [1.807, 2.05) is 0 Å². The molecule has 1 aromatic rings. The molecule has 0 amide bonds. The van der Waals surface area contributed by atoms with E-state index in [1.165, 1.54) is 12.3 Å². The molecule has 1 fully saturated rings. The molecule has 7 heteroatoms. The van der Waals surface area contributed by atoms with E-state index in [0.717, 1.165) is 0 Å². The van der Waals surface area contributed by atoms with Gasteiger partial charge < -0.3 is 5.32 Å². The van der Waals surface area contributed by atoms with Gasteiger partial charge in [-0.3, -0.25) is 0 Å². The molecule has 1 aromatic heterocycles. The normalized spacial score (nSPS) is 20.7.